The third-order valence-electron chi connectivity index (χ3n) is 8.65. The minimum atomic E-state index is -1.30. The number of likely N-dealkylation sites (tertiary alicyclic amines) is 1. The predicted molar refractivity (Wildman–Crippen MR) is 114 cm³/mol. The Morgan fingerprint density at radius 2 is 1.75 bits per heavy atom. The molecule has 5 saturated carbocycles. The number of carbonyl (C=O) groups excluding carboxylic acids is 2. The maximum absolute atomic E-state index is 15.7. The van der Waals surface area contributed by atoms with E-state index in [4.69, 9.17) is 4.74 Å². The first-order valence-electron chi connectivity index (χ1n) is 12.1. The van der Waals surface area contributed by atoms with Gasteiger partial charge < -0.3 is 20.1 Å². The van der Waals surface area contributed by atoms with Gasteiger partial charge in [0.25, 0.3) is 0 Å². The van der Waals surface area contributed by atoms with Crippen molar-refractivity contribution in [3.63, 3.8) is 0 Å². The molecule has 7 nitrogen and oxygen atoms in total. The molecule has 6 atom stereocenters. The van der Waals surface area contributed by atoms with Crippen LogP contribution >= 0.6 is 0 Å². The van der Waals surface area contributed by atoms with Gasteiger partial charge in [-0.1, -0.05) is 0 Å². The number of carboxylic acid groups (broad SMARTS) is 1. The molecule has 2 N–H and O–H groups in total. The fourth-order valence-electron chi connectivity index (χ4n) is 8.23. The van der Waals surface area contributed by atoms with Gasteiger partial charge in [-0.2, -0.15) is 0 Å². The molecule has 1 aliphatic heterocycles. The Morgan fingerprint density at radius 1 is 1.09 bits per heavy atom. The zero-order chi connectivity index (χ0) is 23.1. The minimum absolute atomic E-state index is 0.0486. The fourth-order valence-corrected chi connectivity index (χ4v) is 8.23. The summed E-state index contributed by atoms with van der Waals surface area (Å²) in [5, 5.41) is 12.7. The lowest BCUT2D eigenvalue weighted by molar-refractivity contribution is -0.166. The van der Waals surface area contributed by atoms with Gasteiger partial charge in [0.1, 0.15) is 23.4 Å². The first-order chi connectivity index (χ1) is 14.9. The van der Waals surface area contributed by atoms with Crippen molar-refractivity contribution < 1.29 is 28.6 Å². The Morgan fingerprint density at radius 3 is 2.31 bits per heavy atom. The van der Waals surface area contributed by atoms with Crippen molar-refractivity contribution in [1.29, 1.82) is 0 Å². The number of alkyl carbamates (subject to hydrolysis) is 1. The van der Waals surface area contributed by atoms with Crippen LogP contribution in [0.4, 0.5) is 9.18 Å². The van der Waals surface area contributed by atoms with Crippen molar-refractivity contribution in [2.45, 2.75) is 108 Å². The fraction of sp³-hybridized carbons (Fsp3) is 0.875. The molecule has 0 aromatic carbocycles. The SMILES string of the molecule is CC(C)(C)OC(=O)N[C@H](C(=O)N1[C@@H]2CC[C@@H](C2)[C@H]1C(=O)O)C12CC3CC(CC(F)(C3)C1)C2. The lowest BCUT2D eigenvalue weighted by Gasteiger charge is -2.61. The number of halogens is 1. The quantitative estimate of drug-likeness (QED) is 0.682. The number of amides is 2. The highest BCUT2D eigenvalue weighted by Gasteiger charge is 2.64. The van der Waals surface area contributed by atoms with Crippen LogP contribution in [0.15, 0.2) is 0 Å². The van der Waals surface area contributed by atoms with E-state index in [-0.39, 0.29) is 36.1 Å². The van der Waals surface area contributed by atoms with E-state index in [1.165, 1.54) is 4.90 Å². The molecule has 0 aromatic rings. The van der Waals surface area contributed by atoms with E-state index in [0.29, 0.717) is 32.1 Å². The normalized spacial score (nSPS) is 42.8. The topological polar surface area (TPSA) is 95.9 Å². The van der Waals surface area contributed by atoms with Crippen molar-refractivity contribution in [2.75, 3.05) is 0 Å². The Balaban J connectivity index is 1.49. The van der Waals surface area contributed by atoms with Crippen molar-refractivity contribution in [3.8, 4) is 0 Å². The number of nitrogens with one attached hydrogen (secondary N) is 1. The smallest absolute Gasteiger partial charge is 0.408 e. The summed E-state index contributed by atoms with van der Waals surface area (Å²) in [6, 6.07) is -1.94. The largest absolute Gasteiger partial charge is 0.480 e. The van der Waals surface area contributed by atoms with Crippen LogP contribution in [-0.2, 0) is 14.3 Å². The average molecular weight is 451 g/mol. The molecule has 6 aliphatic rings. The number of piperidine rings is 1. The third-order valence-corrected chi connectivity index (χ3v) is 8.65. The summed E-state index contributed by atoms with van der Waals surface area (Å²) in [5.74, 6) is -0.980. The molecular weight excluding hydrogens is 415 g/mol. The number of aliphatic carboxylic acids is 1. The molecule has 6 fully saturated rings. The Hall–Kier alpha value is -1.86. The van der Waals surface area contributed by atoms with Gasteiger partial charge >= 0.3 is 12.1 Å². The lowest BCUT2D eigenvalue weighted by Crippen LogP contribution is -2.67. The lowest BCUT2D eigenvalue weighted by atomic mass is 9.46. The molecule has 178 valence electrons. The number of rotatable bonds is 4. The average Bonchev–Trinajstić information content (AvgIpc) is 3.23. The number of ether oxygens (including phenoxy) is 1. The van der Waals surface area contributed by atoms with E-state index >= 15 is 4.39 Å². The third kappa shape index (κ3) is 3.58. The van der Waals surface area contributed by atoms with E-state index in [1.807, 2.05) is 0 Å². The van der Waals surface area contributed by atoms with E-state index in [1.54, 1.807) is 20.8 Å². The van der Waals surface area contributed by atoms with Crippen LogP contribution in [0.25, 0.3) is 0 Å². The van der Waals surface area contributed by atoms with Crippen molar-refractivity contribution in [1.82, 2.24) is 10.2 Å². The van der Waals surface area contributed by atoms with Crippen LogP contribution in [0, 0.1) is 23.2 Å². The van der Waals surface area contributed by atoms with E-state index in [2.05, 4.69) is 5.32 Å². The standard InChI is InChI=1S/C24H35FN2O5/c1-22(2,3)32-21(31)26-18(19(28)27-16-5-4-15(7-16)17(27)20(29)30)23-8-13-6-14(9-23)11-24(25,10-13)12-23/h13-18H,4-12H2,1-3H3,(H,26,31)(H,29,30)/t13?,14?,15-,16+,17-,18+,23?,24?/m0/s1. The summed E-state index contributed by atoms with van der Waals surface area (Å²) in [4.78, 5) is 40.5. The number of hydrogen-bond donors (Lipinski definition) is 2. The van der Waals surface area contributed by atoms with E-state index in [0.717, 1.165) is 19.3 Å². The highest BCUT2D eigenvalue weighted by Crippen LogP contribution is 2.64. The highest BCUT2D eigenvalue weighted by molar-refractivity contribution is 5.91. The number of hydrogen-bond acceptors (Lipinski definition) is 4. The second kappa shape index (κ2) is 7.07. The molecule has 1 saturated heterocycles. The number of alkyl halides is 1. The van der Waals surface area contributed by atoms with Crippen molar-refractivity contribution in [3.05, 3.63) is 0 Å². The molecule has 2 amide bonds. The molecule has 0 spiro atoms. The van der Waals surface area contributed by atoms with Crippen LogP contribution < -0.4 is 5.32 Å². The van der Waals surface area contributed by atoms with Crippen LogP contribution in [0.3, 0.4) is 0 Å². The second-order valence-electron chi connectivity index (χ2n) is 12.3. The number of carboxylic acids is 1. The van der Waals surface area contributed by atoms with Gasteiger partial charge in [0, 0.05) is 11.5 Å². The number of fused-ring (bicyclic) bond motifs is 2. The molecule has 0 aromatic heterocycles. The van der Waals surface area contributed by atoms with Crippen LogP contribution in [0.2, 0.25) is 0 Å². The van der Waals surface area contributed by atoms with Gasteiger partial charge in [0.2, 0.25) is 5.91 Å². The van der Waals surface area contributed by atoms with Crippen molar-refractivity contribution in [2.24, 2.45) is 23.2 Å². The number of carbonyl (C=O) groups is 3. The zero-order valence-electron chi connectivity index (χ0n) is 19.2. The predicted octanol–water partition coefficient (Wildman–Crippen LogP) is 3.65. The molecule has 32 heavy (non-hydrogen) atoms. The molecule has 1 heterocycles. The summed E-state index contributed by atoms with van der Waals surface area (Å²) in [5.41, 5.74) is -2.72. The van der Waals surface area contributed by atoms with Crippen LogP contribution in [-0.4, -0.2) is 57.4 Å². The van der Waals surface area contributed by atoms with Gasteiger partial charge in [-0.3, -0.25) is 4.79 Å². The first-order valence-corrected chi connectivity index (χ1v) is 12.1. The number of nitrogens with zero attached hydrogens (tertiary/aromatic N) is 1. The Bertz CT molecular complexity index is 825. The summed E-state index contributed by atoms with van der Waals surface area (Å²) in [6.07, 6.45) is 5.26. The maximum atomic E-state index is 15.7. The minimum Gasteiger partial charge on any atom is -0.480 e. The first kappa shape index (κ1) is 22.0. The molecule has 6 bridgehead atoms. The van der Waals surface area contributed by atoms with Crippen LogP contribution in [0.5, 0.6) is 0 Å². The molecule has 0 radical (unpaired) electrons. The van der Waals surface area contributed by atoms with Gasteiger partial charge in [0.15, 0.2) is 0 Å². The molecule has 6 rings (SSSR count). The zero-order valence-corrected chi connectivity index (χ0v) is 19.2. The Labute approximate surface area is 188 Å². The van der Waals surface area contributed by atoms with Gasteiger partial charge in [-0.15, -0.1) is 0 Å². The summed E-state index contributed by atoms with van der Waals surface area (Å²) in [7, 11) is 0. The molecule has 8 heteroatoms. The van der Waals surface area contributed by atoms with Gasteiger partial charge in [0.05, 0.1) is 0 Å². The van der Waals surface area contributed by atoms with Gasteiger partial charge in [-0.05, 0) is 96.3 Å². The summed E-state index contributed by atoms with van der Waals surface area (Å²) < 4.78 is 21.2. The van der Waals surface area contributed by atoms with Crippen molar-refractivity contribution >= 4 is 18.0 Å². The van der Waals surface area contributed by atoms with Gasteiger partial charge in [-0.25, -0.2) is 14.0 Å². The van der Waals surface area contributed by atoms with Crippen LogP contribution in [0.1, 0.15) is 78.6 Å². The molecular formula is C24H35FN2O5. The highest BCUT2D eigenvalue weighted by atomic mass is 19.1. The summed E-state index contributed by atoms with van der Waals surface area (Å²) in [6.45, 7) is 5.26. The summed E-state index contributed by atoms with van der Waals surface area (Å²) >= 11 is 0. The second-order valence-corrected chi connectivity index (χ2v) is 12.3. The molecule has 2 unspecified atom stereocenters. The maximum Gasteiger partial charge on any atom is 0.408 e. The van der Waals surface area contributed by atoms with E-state index < -0.39 is 40.8 Å². The monoisotopic (exact) mass is 450 g/mol. The molecule has 5 aliphatic carbocycles. The Kier molecular flexibility index (Phi) is 4.85. The van der Waals surface area contributed by atoms with E-state index in [9.17, 15) is 19.5 Å².